The lowest BCUT2D eigenvalue weighted by atomic mass is 10.0. The van der Waals surface area contributed by atoms with Crippen molar-refractivity contribution in [3.63, 3.8) is 0 Å². The van der Waals surface area contributed by atoms with Crippen LogP contribution in [-0.2, 0) is 17.1 Å². The average molecular weight is 377 g/mol. The molecule has 0 atom stereocenters. The van der Waals surface area contributed by atoms with Crippen molar-refractivity contribution in [2.45, 2.75) is 32.6 Å². The standard InChI is InChI=1S/C17H20N4O2S2/c1-10-6-7-11(2)14(8-10)15-9-24-17(18-15)20-25(22,23)16-12(3)19-21(5)13(16)4/h6-9H,1-5H3,(H,18,20). The van der Waals surface area contributed by atoms with Gasteiger partial charge >= 0.3 is 0 Å². The molecule has 132 valence electrons. The number of aryl methyl sites for hydroxylation is 4. The largest absolute Gasteiger partial charge is 0.271 e. The number of hydrogen-bond acceptors (Lipinski definition) is 5. The summed E-state index contributed by atoms with van der Waals surface area (Å²) >= 11 is 1.27. The molecule has 0 saturated carbocycles. The van der Waals surface area contributed by atoms with Gasteiger partial charge in [0.05, 0.1) is 17.1 Å². The summed E-state index contributed by atoms with van der Waals surface area (Å²) < 4.78 is 29.6. The van der Waals surface area contributed by atoms with Crippen LogP contribution in [0, 0.1) is 27.7 Å². The third kappa shape index (κ3) is 3.32. The Bertz CT molecular complexity index is 1050. The number of thiazole rings is 1. The molecule has 0 radical (unpaired) electrons. The Labute approximate surface area is 151 Å². The van der Waals surface area contributed by atoms with E-state index in [1.165, 1.54) is 11.3 Å². The highest BCUT2D eigenvalue weighted by Crippen LogP contribution is 2.30. The number of sulfonamides is 1. The summed E-state index contributed by atoms with van der Waals surface area (Å²) in [6.45, 7) is 7.45. The Hall–Kier alpha value is -2.19. The lowest BCUT2D eigenvalue weighted by Crippen LogP contribution is -2.14. The van der Waals surface area contributed by atoms with Crippen LogP contribution in [-0.4, -0.2) is 23.2 Å². The molecule has 3 aromatic rings. The SMILES string of the molecule is Cc1ccc(C)c(-c2csc(NS(=O)(=O)c3c(C)nn(C)c3C)n2)c1. The van der Waals surface area contributed by atoms with Crippen molar-refractivity contribution in [3.05, 3.63) is 46.1 Å². The molecule has 2 aromatic heterocycles. The summed E-state index contributed by atoms with van der Waals surface area (Å²) in [5.41, 5.74) is 5.08. The number of rotatable bonds is 4. The first-order valence-corrected chi connectivity index (χ1v) is 10.1. The van der Waals surface area contributed by atoms with E-state index in [1.54, 1.807) is 25.6 Å². The van der Waals surface area contributed by atoms with Crippen LogP contribution in [0.5, 0.6) is 0 Å². The second kappa shape index (κ2) is 6.27. The van der Waals surface area contributed by atoms with Gasteiger partial charge in [0.15, 0.2) is 5.13 Å². The molecule has 0 fully saturated rings. The van der Waals surface area contributed by atoms with Gasteiger partial charge in [0.2, 0.25) is 0 Å². The van der Waals surface area contributed by atoms with Gasteiger partial charge in [0.25, 0.3) is 10.0 Å². The monoisotopic (exact) mass is 376 g/mol. The van der Waals surface area contributed by atoms with Gasteiger partial charge in [-0.05, 0) is 39.3 Å². The maximum absolute atomic E-state index is 12.7. The molecule has 2 heterocycles. The highest BCUT2D eigenvalue weighted by molar-refractivity contribution is 7.93. The van der Waals surface area contributed by atoms with E-state index in [-0.39, 0.29) is 4.90 Å². The predicted octanol–water partition coefficient (Wildman–Crippen LogP) is 3.58. The first kappa shape index (κ1) is 17.6. The molecule has 0 saturated heterocycles. The van der Waals surface area contributed by atoms with E-state index in [0.717, 1.165) is 22.4 Å². The highest BCUT2D eigenvalue weighted by atomic mass is 32.2. The summed E-state index contributed by atoms with van der Waals surface area (Å²) in [5.74, 6) is 0. The first-order valence-electron chi connectivity index (χ1n) is 7.75. The summed E-state index contributed by atoms with van der Waals surface area (Å²) in [7, 11) is -2.00. The van der Waals surface area contributed by atoms with E-state index in [1.807, 2.05) is 31.4 Å². The topological polar surface area (TPSA) is 76.9 Å². The molecule has 0 unspecified atom stereocenters. The highest BCUT2D eigenvalue weighted by Gasteiger charge is 2.25. The predicted molar refractivity (Wildman–Crippen MR) is 101 cm³/mol. The van der Waals surface area contributed by atoms with Gasteiger partial charge in [-0.1, -0.05) is 17.7 Å². The fourth-order valence-corrected chi connectivity index (χ4v) is 5.17. The number of aromatic nitrogens is 3. The Morgan fingerprint density at radius 2 is 1.88 bits per heavy atom. The van der Waals surface area contributed by atoms with Crippen molar-refractivity contribution in [3.8, 4) is 11.3 Å². The zero-order chi connectivity index (χ0) is 18.4. The zero-order valence-corrected chi connectivity index (χ0v) is 16.4. The van der Waals surface area contributed by atoms with Crippen molar-refractivity contribution >= 4 is 26.5 Å². The van der Waals surface area contributed by atoms with Crippen molar-refractivity contribution in [2.24, 2.45) is 7.05 Å². The Kier molecular flexibility index (Phi) is 4.42. The Morgan fingerprint density at radius 1 is 1.16 bits per heavy atom. The lowest BCUT2D eigenvalue weighted by Gasteiger charge is -2.06. The van der Waals surface area contributed by atoms with Gasteiger partial charge in [0.1, 0.15) is 4.90 Å². The van der Waals surface area contributed by atoms with Crippen molar-refractivity contribution in [2.75, 3.05) is 4.72 Å². The molecular weight excluding hydrogens is 356 g/mol. The van der Waals surface area contributed by atoms with Crippen LogP contribution in [0.15, 0.2) is 28.5 Å². The maximum Gasteiger partial charge on any atom is 0.267 e. The van der Waals surface area contributed by atoms with E-state index < -0.39 is 10.0 Å². The van der Waals surface area contributed by atoms with Crippen LogP contribution in [0.3, 0.4) is 0 Å². The molecule has 8 heteroatoms. The van der Waals surface area contributed by atoms with Gasteiger partial charge in [-0.3, -0.25) is 9.40 Å². The van der Waals surface area contributed by atoms with Crippen molar-refractivity contribution in [1.82, 2.24) is 14.8 Å². The number of benzene rings is 1. The molecule has 1 N–H and O–H groups in total. The molecule has 0 spiro atoms. The summed E-state index contributed by atoms with van der Waals surface area (Å²) in [6.07, 6.45) is 0. The van der Waals surface area contributed by atoms with Gasteiger partial charge < -0.3 is 0 Å². The average Bonchev–Trinajstić information content (AvgIpc) is 3.06. The minimum atomic E-state index is -3.73. The fraction of sp³-hybridized carbons (Fsp3) is 0.294. The molecule has 25 heavy (non-hydrogen) atoms. The minimum absolute atomic E-state index is 0.207. The maximum atomic E-state index is 12.7. The lowest BCUT2D eigenvalue weighted by molar-refractivity contribution is 0.599. The van der Waals surface area contributed by atoms with E-state index in [9.17, 15) is 8.42 Å². The smallest absolute Gasteiger partial charge is 0.267 e. The minimum Gasteiger partial charge on any atom is -0.271 e. The van der Waals surface area contributed by atoms with Crippen molar-refractivity contribution in [1.29, 1.82) is 0 Å². The van der Waals surface area contributed by atoms with Crippen LogP contribution >= 0.6 is 11.3 Å². The quantitative estimate of drug-likeness (QED) is 0.755. The van der Waals surface area contributed by atoms with E-state index in [4.69, 9.17) is 0 Å². The summed E-state index contributed by atoms with van der Waals surface area (Å²) in [4.78, 5) is 4.67. The number of hydrogen-bond donors (Lipinski definition) is 1. The molecule has 0 aliphatic carbocycles. The second-order valence-electron chi connectivity index (χ2n) is 6.09. The van der Waals surface area contributed by atoms with Gasteiger partial charge in [0, 0.05) is 18.0 Å². The van der Waals surface area contributed by atoms with Crippen LogP contribution in [0.2, 0.25) is 0 Å². The summed E-state index contributed by atoms with van der Waals surface area (Å²) in [6, 6.07) is 6.14. The molecule has 1 aromatic carbocycles. The van der Waals surface area contributed by atoms with Gasteiger partial charge in [-0.25, -0.2) is 13.4 Å². The number of nitrogens with zero attached hydrogens (tertiary/aromatic N) is 3. The molecule has 0 aliphatic heterocycles. The Balaban J connectivity index is 1.95. The fourth-order valence-electron chi connectivity index (χ4n) is 2.77. The van der Waals surface area contributed by atoms with Gasteiger partial charge in [-0.15, -0.1) is 11.3 Å². The second-order valence-corrected chi connectivity index (χ2v) is 8.56. The van der Waals surface area contributed by atoms with Crippen LogP contribution in [0.1, 0.15) is 22.5 Å². The Morgan fingerprint density at radius 3 is 2.52 bits per heavy atom. The molecule has 0 amide bonds. The number of anilines is 1. The molecular formula is C17H20N4O2S2. The molecule has 0 bridgehead atoms. The van der Waals surface area contributed by atoms with E-state index in [0.29, 0.717) is 16.5 Å². The van der Waals surface area contributed by atoms with E-state index in [2.05, 4.69) is 20.9 Å². The summed E-state index contributed by atoms with van der Waals surface area (Å²) in [5, 5.41) is 6.38. The van der Waals surface area contributed by atoms with Gasteiger partial charge in [-0.2, -0.15) is 5.10 Å². The zero-order valence-electron chi connectivity index (χ0n) is 14.8. The molecule has 0 aliphatic rings. The molecule has 3 rings (SSSR count). The third-order valence-electron chi connectivity index (χ3n) is 4.11. The molecule has 6 nitrogen and oxygen atoms in total. The third-order valence-corrected chi connectivity index (χ3v) is 6.58. The van der Waals surface area contributed by atoms with Crippen LogP contribution in [0.4, 0.5) is 5.13 Å². The van der Waals surface area contributed by atoms with E-state index >= 15 is 0 Å². The number of nitrogens with one attached hydrogen (secondary N) is 1. The normalized spacial score (nSPS) is 11.7. The van der Waals surface area contributed by atoms with Crippen LogP contribution < -0.4 is 4.72 Å². The van der Waals surface area contributed by atoms with Crippen LogP contribution in [0.25, 0.3) is 11.3 Å². The van der Waals surface area contributed by atoms with Crippen molar-refractivity contribution < 1.29 is 8.42 Å². The first-order chi connectivity index (χ1) is 11.7.